The van der Waals surface area contributed by atoms with Gasteiger partial charge < -0.3 is 10.4 Å². The highest BCUT2D eigenvalue weighted by molar-refractivity contribution is 7.15. The van der Waals surface area contributed by atoms with E-state index in [2.05, 4.69) is 12.2 Å². The van der Waals surface area contributed by atoms with Crippen LogP contribution in [-0.2, 0) is 0 Å². The number of hydrogen-bond donors (Lipinski definition) is 2. The van der Waals surface area contributed by atoms with Crippen molar-refractivity contribution in [2.75, 3.05) is 0 Å². The molecule has 0 radical (unpaired) electrons. The van der Waals surface area contributed by atoms with E-state index in [4.69, 9.17) is 5.11 Å². The van der Waals surface area contributed by atoms with Crippen molar-refractivity contribution in [1.82, 2.24) is 5.32 Å². The molecule has 1 heterocycles. The Morgan fingerprint density at radius 3 is 2.63 bits per heavy atom. The molecule has 0 aliphatic heterocycles. The molecule has 1 aliphatic carbocycles. The zero-order valence-corrected chi connectivity index (χ0v) is 11.8. The molecule has 0 bridgehead atoms. The van der Waals surface area contributed by atoms with Gasteiger partial charge in [0, 0.05) is 6.04 Å². The first-order valence-electron chi connectivity index (χ1n) is 6.70. The number of aromatic carboxylic acids is 1. The molecule has 2 atom stereocenters. The minimum Gasteiger partial charge on any atom is -0.477 e. The lowest BCUT2D eigenvalue weighted by molar-refractivity contribution is 0.0702. The number of carbonyl (C=O) groups is 2. The Bertz CT molecular complexity index is 469. The van der Waals surface area contributed by atoms with E-state index < -0.39 is 5.97 Å². The molecule has 2 rings (SSSR count). The number of carboxylic acids is 1. The normalized spacial score (nSPS) is 23.6. The van der Waals surface area contributed by atoms with Crippen molar-refractivity contribution in [3.05, 3.63) is 21.9 Å². The van der Waals surface area contributed by atoms with Gasteiger partial charge in [-0.15, -0.1) is 11.3 Å². The minimum atomic E-state index is -0.979. The van der Waals surface area contributed by atoms with Gasteiger partial charge in [-0.25, -0.2) is 4.79 Å². The molecular formula is C14H19NO3S. The minimum absolute atomic E-state index is 0.142. The molecule has 1 saturated carbocycles. The average Bonchev–Trinajstić information content (AvgIpc) is 2.77. The first-order valence-corrected chi connectivity index (χ1v) is 7.52. The van der Waals surface area contributed by atoms with Crippen LogP contribution in [0.1, 0.15) is 58.4 Å². The highest BCUT2D eigenvalue weighted by Crippen LogP contribution is 2.23. The molecule has 5 heteroatoms. The Morgan fingerprint density at radius 2 is 1.95 bits per heavy atom. The highest BCUT2D eigenvalue weighted by atomic mass is 32.1. The summed E-state index contributed by atoms with van der Waals surface area (Å²) in [5.41, 5.74) is 0. The Labute approximate surface area is 116 Å². The van der Waals surface area contributed by atoms with E-state index in [1.807, 2.05) is 0 Å². The Hall–Kier alpha value is -1.36. The monoisotopic (exact) mass is 281 g/mol. The Kier molecular flexibility index (Phi) is 4.58. The molecule has 19 heavy (non-hydrogen) atoms. The van der Waals surface area contributed by atoms with Gasteiger partial charge in [0.1, 0.15) is 4.88 Å². The summed E-state index contributed by atoms with van der Waals surface area (Å²) in [4.78, 5) is 23.5. The van der Waals surface area contributed by atoms with Gasteiger partial charge in [0.2, 0.25) is 0 Å². The summed E-state index contributed by atoms with van der Waals surface area (Å²) in [6, 6.07) is 3.30. The van der Waals surface area contributed by atoms with Crippen molar-refractivity contribution in [2.45, 2.75) is 45.1 Å². The van der Waals surface area contributed by atoms with E-state index in [1.54, 1.807) is 6.07 Å². The van der Waals surface area contributed by atoms with Gasteiger partial charge in [-0.3, -0.25) is 4.79 Å². The number of carbonyl (C=O) groups excluding carboxylic acids is 1. The number of amides is 1. The molecule has 1 aromatic heterocycles. The van der Waals surface area contributed by atoms with Crippen molar-refractivity contribution in [1.29, 1.82) is 0 Å². The molecule has 1 aliphatic rings. The van der Waals surface area contributed by atoms with Crippen molar-refractivity contribution >= 4 is 23.2 Å². The van der Waals surface area contributed by atoms with Crippen molar-refractivity contribution in [2.24, 2.45) is 5.92 Å². The largest absolute Gasteiger partial charge is 0.477 e. The van der Waals surface area contributed by atoms with Crippen molar-refractivity contribution in [3.63, 3.8) is 0 Å². The zero-order chi connectivity index (χ0) is 13.8. The third-order valence-electron chi connectivity index (χ3n) is 3.63. The van der Waals surface area contributed by atoms with Gasteiger partial charge in [0.15, 0.2) is 0 Å². The van der Waals surface area contributed by atoms with Crippen LogP contribution >= 0.6 is 11.3 Å². The van der Waals surface area contributed by atoms with E-state index in [0.29, 0.717) is 4.88 Å². The quantitative estimate of drug-likeness (QED) is 0.836. The Balaban J connectivity index is 1.94. The summed E-state index contributed by atoms with van der Waals surface area (Å²) < 4.78 is 0. The van der Waals surface area contributed by atoms with Gasteiger partial charge in [0.05, 0.1) is 4.88 Å². The van der Waals surface area contributed by atoms with Crippen LogP contribution in [0.2, 0.25) is 0 Å². The maximum absolute atomic E-state index is 12.0. The van der Waals surface area contributed by atoms with E-state index in [1.165, 1.54) is 12.5 Å². The number of thiophene rings is 1. The summed E-state index contributed by atoms with van der Waals surface area (Å²) >= 11 is 1.03. The van der Waals surface area contributed by atoms with Gasteiger partial charge in [0.25, 0.3) is 5.91 Å². The lowest BCUT2D eigenvalue weighted by Gasteiger charge is -2.15. The van der Waals surface area contributed by atoms with Crippen LogP contribution in [0.3, 0.4) is 0 Å². The SMILES string of the molecule is CC1CCCC(NC(=O)c2ccc(C(=O)O)s2)CC1. The van der Waals surface area contributed by atoms with E-state index in [9.17, 15) is 9.59 Å². The number of rotatable bonds is 3. The van der Waals surface area contributed by atoms with Crippen LogP contribution in [0.4, 0.5) is 0 Å². The van der Waals surface area contributed by atoms with Gasteiger partial charge in [-0.05, 0) is 37.3 Å². The van der Waals surface area contributed by atoms with Crippen LogP contribution < -0.4 is 5.32 Å². The highest BCUT2D eigenvalue weighted by Gasteiger charge is 2.20. The van der Waals surface area contributed by atoms with E-state index in [-0.39, 0.29) is 16.8 Å². The number of hydrogen-bond acceptors (Lipinski definition) is 3. The molecule has 2 N–H and O–H groups in total. The second-order valence-corrected chi connectivity index (χ2v) is 6.34. The lowest BCUT2D eigenvalue weighted by atomic mass is 10.0. The summed E-state index contributed by atoms with van der Waals surface area (Å²) in [6.07, 6.45) is 5.57. The van der Waals surface area contributed by atoms with Crippen LogP contribution in [0, 0.1) is 5.92 Å². The fourth-order valence-electron chi connectivity index (χ4n) is 2.46. The first-order chi connectivity index (χ1) is 9.06. The van der Waals surface area contributed by atoms with Gasteiger partial charge >= 0.3 is 5.97 Å². The molecule has 0 aromatic carbocycles. The fourth-order valence-corrected chi connectivity index (χ4v) is 3.21. The number of carboxylic acid groups (broad SMARTS) is 1. The average molecular weight is 281 g/mol. The molecule has 1 fully saturated rings. The second kappa shape index (κ2) is 6.19. The van der Waals surface area contributed by atoms with E-state index in [0.717, 1.165) is 42.9 Å². The summed E-state index contributed by atoms with van der Waals surface area (Å²) in [6.45, 7) is 2.25. The summed E-state index contributed by atoms with van der Waals surface area (Å²) in [5, 5.41) is 11.9. The molecule has 1 aromatic rings. The third kappa shape index (κ3) is 3.80. The maximum Gasteiger partial charge on any atom is 0.345 e. The van der Waals surface area contributed by atoms with Crippen molar-refractivity contribution in [3.8, 4) is 0 Å². The van der Waals surface area contributed by atoms with Crippen LogP contribution in [0.5, 0.6) is 0 Å². The predicted octanol–water partition coefficient (Wildman–Crippen LogP) is 3.14. The van der Waals surface area contributed by atoms with Crippen LogP contribution in [0.25, 0.3) is 0 Å². The summed E-state index contributed by atoms with van der Waals surface area (Å²) in [7, 11) is 0. The topological polar surface area (TPSA) is 66.4 Å². The fraction of sp³-hybridized carbons (Fsp3) is 0.571. The second-order valence-electron chi connectivity index (χ2n) is 5.25. The first kappa shape index (κ1) is 14.1. The Morgan fingerprint density at radius 1 is 1.21 bits per heavy atom. The summed E-state index contributed by atoms with van der Waals surface area (Å²) in [5.74, 6) is -0.383. The smallest absolute Gasteiger partial charge is 0.345 e. The lowest BCUT2D eigenvalue weighted by Crippen LogP contribution is -2.33. The van der Waals surface area contributed by atoms with E-state index >= 15 is 0 Å². The molecule has 1 amide bonds. The van der Waals surface area contributed by atoms with Crippen LogP contribution in [-0.4, -0.2) is 23.0 Å². The molecule has 4 nitrogen and oxygen atoms in total. The zero-order valence-electron chi connectivity index (χ0n) is 11.0. The third-order valence-corrected chi connectivity index (χ3v) is 4.71. The van der Waals surface area contributed by atoms with Gasteiger partial charge in [-0.2, -0.15) is 0 Å². The standard InChI is InChI=1S/C14H19NO3S/c1-9-3-2-4-10(6-5-9)15-13(16)11-7-8-12(19-11)14(17)18/h7-10H,2-6H2,1H3,(H,15,16)(H,17,18). The molecule has 0 saturated heterocycles. The predicted molar refractivity (Wildman–Crippen MR) is 74.8 cm³/mol. The van der Waals surface area contributed by atoms with Gasteiger partial charge in [-0.1, -0.05) is 19.8 Å². The van der Waals surface area contributed by atoms with Crippen LogP contribution in [0.15, 0.2) is 12.1 Å². The number of nitrogens with one attached hydrogen (secondary N) is 1. The maximum atomic E-state index is 12.0. The molecule has 2 unspecified atom stereocenters. The molecule has 0 spiro atoms. The van der Waals surface area contributed by atoms with Crippen molar-refractivity contribution < 1.29 is 14.7 Å². The molecular weight excluding hydrogens is 262 g/mol. The molecule has 104 valence electrons.